The Morgan fingerprint density at radius 1 is 0.939 bits per heavy atom. The van der Waals surface area contributed by atoms with Crippen LogP contribution in [0.25, 0.3) is 16.9 Å². The second kappa shape index (κ2) is 9.60. The Morgan fingerprint density at radius 2 is 1.64 bits per heavy atom. The first-order valence-electron chi connectivity index (χ1n) is 10.2. The van der Waals surface area contributed by atoms with Gasteiger partial charge >= 0.3 is 6.18 Å². The number of aromatic nitrogens is 2. The number of ether oxygens (including phenoxy) is 1. The summed E-state index contributed by atoms with van der Waals surface area (Å²) in [6.45, 7) is -1.24. The molecule has 0 atom stereocenters. The van der Waals surface area contributed by atoms with E-state index in [1.165, 1.54) is 24.3 Å². The molecule has 0 fully saturated rings. The summed E-state index contributed by atoms with van der Waals surface area (Å²) in [6.07, 6.45) is -2.61. The van der Waals surface area contributed by atoms with Gasteiger partial charge in [-0.1, -0.05) is 54.6 Å². The van der Waals surface area contributed by atoms with Gasteiger partial charge in [0.25, 0.3) is 5.91 Å². The second-order valence-corrected chi connectivity index (χ2v) is 7.26. The highest BCUT2D eigenvalue weighted by Crippen LogP contribution is 2.24. The number of rotatable bonds is 7. The molecule has 1 heterocycles. The highest BCUT2D eigenvalue weighted by Gasteiger charge is 2.28. The Kier molecular flexibility index (Phi) is 6.44. The molecule has 168 valence electrons. The van der Waals surface area contributed by atoms with Crippen molar-refractivity contribution in [2.45, 2.75) is 12.7 Å². The molecule has 4 aromatic rings. The van der Waals surface area contributed by atoms with E-state index in [-0.39, 0.29) is 17.9 Å². The summed E-state index contributed by atoms with van der Waals surface area (Å²) in [4.78, 5) is 12.7. The van der Waals surface area contributed by atoms with Crippen LogP contribution in [-0.4, -0.2) is 28.5 Å². The van der Waals surface area contributed by atoms with Gasteiger partial charge in [-0.2, -0.15) is 18.3 Å². The number of amides is 1. The minimum absolute atomic E-state index is 0.0261. The quantitative estimate of drug-likeness (QED) is 0.409. The van der Waals surface area contributed by atoms with Crippen LogP contribution in [0.4, 0.5) is 13.2 Å². The van der Waals surface area contributed by atoms with E-state index in [1.54, 1.807) is 4.68 Å². The SMILES string of the molecule is O=C(NCc1cn(-c2ccccc2)nc1-c1ccccc1)c1cccc(OCC(F)(F)F)c1. The number of nitrogens with zero attached hydrogens (tertiary/aromatic N) is 2. The van der Waals surface area contributed by atoms with Gasteiger partial charge in [0, 0.05) is 29.4 Å². The van der Waals surface area contributed by atoms with Gasteiger partial charge < -0.3 is 10.1 Å². The number of benzene rings is 3. The fraction of sp³-hybridized carbons (Fsp3) is 0.120. The van der Waals surface area contributed by atoms with Crippen LogP contribution in [-0.2, 0) is 6.54 Å². The molecule has 3 aromatic carbocycles. The Morgan fingerprint density at radius 3 is 2.33 bits per heavy atom. The molecule has 0 radical (unpaired) electrons. The van der Waals surface area contributed by atoms with Crippen molar-refractivity contribution in [1.29, 1.82) is 0 Å². The Labute approximate surface area is 188 Å². The average molecular weight is 451 g/mol. The zero-order valence-corrected chi connectivity index (χ0v) is 17.4. The lowest BCUT2D eigenvalue weighted by Crippen LogP contribution is -2.23. The van der Waals surface area contributed by atoms with E-state index < -0.39 is 18.7 Å². The number of hydrogen-bond acceptors (Lipinski definition) is 3. The van der Waals surface area contributed by atoms with E-state index in [9.17, 15) is 18.0 Å². The van der Waals surface area contributed by atoms with E-state index in [4.69, 9.17) is 9.84 Å². The number of alkyl halides is 3. The predicted octanol–water partition coefficient (Wildman–Crippen LogP) is 5.41. The molecular weight excluding hydrogens is 431 g/mol. The maximum atomic E-state index is 12.7. The van der Waals surface area contributed by atoms with E-state index in [1.807, 2.05) is 66.9 Å². The normalized spacial score (nSPS) is 11.2. The first kappa shape index (κ1) is 22.1. The molecule has 1 amide bonds. The number of para-hydroxylation sites is 1. The lowest BCUT2D eigenvalue weighted by Gasteiger charge is -2.10. The first-order valence-corrected chi connectivity index (χ1v) is 10.2. The summed E-state index contributed by atoms with van der Waals surface area (Å²) in [5.41, 5.74) is 3.50. The van der Waals surface area contributed by atoms with E-state index in [0.29, 0.717) is 0 Å². The van der Waals surface area contributed by atoms with Crippen molar-refractivity contribution in [1.82, 2.24) is 15.1 Å². The molecule has 5 nitrogen and oxygen atoms in total. The summed E-state index contributed by atoms with van der Waals surface area (Å²) in [5.74, 6) is -0.458. The van der Waals surface area contributed by atoms with E-state index in [0.717, 1.165) is 22.5 Å². The van der Waals surface area contributed by atoms with Crippen LogP contribution >= 0.6 is 0 Å². The molecule has 33 heavy (non-hydrogen) atoms. The van der Waals surface area contributed by atoms with Gasteiger partial charge in [-0.25, -0.2) is 4.68 Å². The van der Waals surface area contributed by atoms with Crippen LogP contribution in [0.1, 0.15) is 15.9 Å². The number of hydrogen-bond donors (Lipinski definition) is 1. The monoisotopic (exact) mass is 451 g/mol. The molecule has 0 aliphatic carbocycles. The van der Waals surface area contributed by atoms with Crippen molar-refractivity contribution in [3.8, 4) is 22.7 Å². The van der Waals surface area contributed by atoms with Crippen LogP contribution in [0.3, 0.4) is 0 Å². The predicted molar refractivity (Wildman–Crippen MR) is 118 cm³/mol. The molecule has 0 aliphatic rings. The Bertz CT molecular complexity index is 1220. The number of carbonyl (C=O) groups excluding carboxylic acids is 1. The van der Waals surface area contributed by atoms with Crippen molar-refractivity contribution in [3.63, 3.8) is 0 Å². The van der Waals surface area contributed by atoms with Crippen LogP contribution in [0.15, 0.2) is 91.1 Å². The van der Waals surface area contributed by atoms with Crippen molar-refractivity contribution in [3.05, 3.63) is 102 Å². The van der Waals surface area contributed by atoms with E-state index >= 15 is 0 Å². The summed E-state index contributed by atoms with van der Waals surface area (Å²) in [6, 6.07) is 24.8. The minimum atomic E-state index is -4.45. The maximum Gasteiger partial charge on any atom is 0.422 e. The number of halogens is 3. The molecule has 1 aromatic heterocycles. The topological polar surface area (TPSA) is 56.2 Å². The number of nitrogens with one attached hydrogen (secondary N) is 1. The zero-order valence-electron chi connectivity index (χ0n) is 17.4. The third-order valence-corrected chi connectivity index (χ3v) is 4.80. The highest BCUT2D eigenvalue weighted by molar-refractivity contribution is 5.94. The first-order chi connectivity index (χ1) is 15.9. The third kappa shape index (κ3) is 5.79. The zero-order chi connectivity index (χ0) is 23.3. The highest BCUT2D eigenvalue weighted by atomic mass is 19.4. The second-order valence-electron chi connectivity index (χ2n) is 7.26. The van der Waals surface area contributed by atoms with Gasteiger partial charge in [0.05, 0.1) is 11.4 Å². The van der Waals surface area contributed by atoms with Crippen molar-refractivity contribution in [2.75, 3.05) is 6.61 Å². The van der Waals surface area contributed by atoms with Crippen molar-refractivity contribution >= 4 is 5.91 Å². The molecule has 0 unspecified atom stereocenters. The van der Waals surface area contributed by atoms with E-state index in [2.05, 4.69) is 5.32 Å². The van der Waals surface area contributed by atoms with Crippen molar-refractivity contribution in [2.24, 2.45) is 0 Å². The minimum Gasteiger partial charge on any atom is -0.484 e. The molecule has 0 aliphatic heterocycles. The molecular formula is C25H20F3N3O2. The molecule has 4 rings (SSSR count). The maximum absolute atomic E-state index is 12.7. The molecule has 0 bridgehead atoms. The Hall–Kier alpha value is -4.07. The van der Waals surface area contributed by atoms with Gasteiger partial charge in [-0.3, -0.25) is 4.79 Å². The fourth-order valence-electron chi connectivity index (χ4n) is 3.26. The largest absolute Gasteiger partial charge is 0.484 e. The average Bonchev–Trinajstić information content (AvgIpc) is 3.26. The molecule has 0 spiro atoms. The summed E-state index contributed by atoms with van der Waals surface area (Å²) in [5, 5.41) is 7.52. The number of carbonyl (C=O) groups is 1. The summed E-state index contributed by atoms with van der Waals surface area (Å²) < 4.78 is 43.7. The standard InChI is InChI=1S/C25H20F3N3O2/c26-25(27,28)17-33-22-13-7-10-19(14-22)24(32)29-15-20-16-31(21-11-5-2-6-12-21)30-23(20)18-8-3-1-4-9-18/h1-14,16H,15,17H2,(H,29,32). The molecule has 8 heteroatoms. The van der Waals surface area contributed by atoms with Gasteiger partial charge in [0.15, 0.2) is 6.61 Å². The summed E-state index contributed by atoms with van der Waals surface area (Å²) in [7, 11) is 0. The summed E-state index contributed by atoms with van der Waals surface area (Å²) >= 11 is 0. The fourth-order valence-corrected chi connectivity index (χ4v) is 3.26. The van der Waals surface area contributed by atoms with Crippen LogP contribution < -0.4 is 10.1 Å². The van der Waals surface area contributed by atoms with Gasteiger partial charge in [-0.05, 0) is 30.3 Å². The van der Waals surface area contributed by atoms with Gasteiger partial charge in [-0.15, -0.1) is 0 Å². The smallest absolute Gasteiger partial charge is 0.422 e. The van der Waals surface area contributed by atoms with Crippen LogP contribution in [0.5, 0.6) is 5.75 Å². The Balaban J connectivity index is 1.53. The lowest BCUT2D eigenvalue weighted by atomic mass is 10.1. The molecule has 0 saturated carbocycles. The third-order valence-electron chi connectivity index (χ3n) is 4.80. The lowest BCUT2D eigenvalue weighted by molar-refractivity contribution is -0.153. The van der Waals surface area contributed by atoms with Gasteiger partial charge in [0.2, 0.25) is 0 Å². The molecule has 1 N–H and O–H groups in total. The molecule has 0 saturated heterocycles. The van der Waals surface area contributed by atoms with Crippen LogP contribution in [0.2, 0.25) is 0 Å². The van der Waals surface area contributed by atoms with Crippen molar-refractivity contribution < 1.29 is 22.7 Å². The van der Waals surface area contributed by atoms with Crippen LogP contribution in [0, 0.1) is 0 Å². The van der Waals surface area contributed by atoms with Gasteiger partial charge in [0.1, 0.15) is 5.75 Å².